The predicted octanol–water partition coefficient (Wildman–Crippen LogP) is 1.73. The molecule has 2 aliphatic rings. The van der Waals surface area contributed by atoms with Crippen molar-refractivity contribution in [1.82, 2.24) is 9.80 Å². The van der Waals surface area contributed by atoms with Gasteiger partial charge in [0.15, 0.2) is 0 Å². The van der Waals surface area contributed by atoms with Gasteiger partial charge in [0.25, 0.3) is 0 Å². The maximum atomic E-state index is 12.5. The Morgan fingerprint density at radius 1 is 1.10 bits per heavy atom. The first-order chi connectivity index (χ1) is 9.35. The van der Waals surface area contributed by atoms with Crippen LogP contribution in [-0.4, -0.2) is 59.1 Å². The standard InChI is InChI=1S/C16H30N2O2/c1-13-4-6-14(7-5-13)15(19)18-10-8-17(9-11-18)12-16(2,3)20/h13-14,20H,4-12H2,1-3H3. The van der Waals surface area contributed by atoms with E-state index in [4.69, 9.17) is 0 Å². The molecular formula is C16H30N2O2. The van der Waals surface area contributed by atoms with Gasteiger partial charge in [-0.15, -0.1) is 0 Å². The quantitative estimate of drug-likeness (QED) is 0.857. The van der Waals surface area contributed by atoms with E-state index in [9.17, 15) is 9.90 Å². The van der Waals surface area contributed by atoms with Crippen molar-refractivity contribution in [1.29, 1.82) is 0 Å². The molecule has 0 spiro atoms. The van der Waals surface area contributed by atoms with Gasteiger partial charge < -0.3 is 10.0 Å². The third-order valence-electron chi connectivity index (χ3n) is 4.66. The van der Waals surface area contributed by atoms with Crippen molar-refractivity contribution in [3.63, 3.8) is 0 Å². The summed E-state index contributed by atoms with van der Waals surface area (Å²) in [6, 6.07) is 0. The zero-order chi connectivity index (χ0) is 14.8. The summed E-state index contributed by atoms with van der Waals surface area (Å²) >= 11 is 0. The largest absolute Gasteiger partial charge is 0.389 e. The molecule has 1 N–H and O–H groups in total. The second-order valence-electron chi connectivity index (χ2n) is 7.37. The van der Waals surface area contributed by atoms with Gasteiger partial charge in [0.1, 0.15) is 0 Å². The minimum Gasteiger partial charge on any atom is -0.389 e. The van der Waals surface area contributed by atoms with Gasteiger partial charge in [-0.05, 0) is 45.4 Å². The highest BCUT2D eigenvalue weighted by Gasteiger charge is 2.30. The molecule has 2 fully saturated rings. The number of amides is 1. The zero-order valence-corrected chi connectivity index (χ0v) is 13.3. The number of carbonyl (C=O) groups is 1. The second-order valence-corrected chi connectivity index (χ2v) is 7.37. The van der Waals surface area contributed by atoms with Crippen LogP contribution < -0.4 is 0 Å². The summed E-state index contributed by atoms with van der Waals surface area (Å²) in [6.45, 7) is 10.1. The van der Waals surface area contributed by atoms with E-state index in [1.165, 1.54) is 12.8 Å². The molecule has 1 amide bonds. The van der Waals surface area contributed by atoms with Crippen molar-refractivity contribution in [2.24, 2.45) is 11.8 Å². The predicted molar refractivity (Wildman–Crippen MR) is 80.4 cm³/mol. The molecule has 2 rings (SSSR count). The van der Waals surface area contributed by atoms with Gasteiger partial charge in [0, 0.05) is 38.6 Å². The van der Waals surface area contributed by atoms with Crippen LogP contribution in [0.15, 0.2) is 0 Å². The molecule has 0 aromatic carbocycles. The molecule has 4 nitrogen and oxygen atoms in total. The molecule has 0 aromatic heterocycles. The molecule has 0 aromatic rings. The van der Waals surface area contributed by atoms with Crippen LogP contribution >= 0.6 is 0 Å². The molecule has 1 heterocycles. The van der Waals surface area contributed by atoms with E-state index in [-0.39, 0.29) is 5.92 Å². The third-order valence-corrected chi connectivity index (χ3v) is 4.66. The zero-order valence-electron chi connectivity index (χ0n) is 13.3. The Kier molecular flexibility index (Phi) is 5.08. The number of β-amino-alcohol motifs (C(OH)–C–C–N with tert-alkyl or cyclic N) is 1. The van der Waals surface area contributed by atoms with Crippen molar-refractivity contribution in [2.75, 3.05) is 32.7 Å². The van der Waals surface area contributed by atoms with Gasteiger partial charge in [-0.3, -0.25) is 9.69 Å². The van der Waals surface area contributed by atoms with Crippen LogP contribution in [0.2, 0.25) is 0 Å². The maximum Gasteiger partial charge on any atom is 0.225 e. The summed E-state index contributed by atoms with van der Waals surface area (Å²) in [5, 5.41) is 9.85. The Hall–Kier alpha value is -0.610. The highest BCUT2D eigenvalue weighted by molar-refractivity contribution is 5.79. The lowest BCUT2D eigenvalue weighted by molar-refractivity contribution is -0.138. The molecule has 0 bridgehead atoms. The summed E-state index contributed by atoms with van der Waals surface area (Å²) in [7, 11) is 0. The van der Waals surface area contributed by atoms with E-state index in [0.717, 1.165) is 44.9 Å². The van der Waals surface area contributed by atoms with Crippen LogP contribution in [0.3, 0.4) is 0 Å². The van der Waals surface area contributed by atoms with Gasteiger partial charge in [-0.1, -0.05) is 6.92 Å². The average molecular weight is 282 g/mol. The minimum atomic E-state index is -0.647. The monoisotopic (exact) mass is 282 g/mol. The fourth-order valence-corrected chi connectivity index (χ4v) is 3.44. The SMILES string of the molecule is CC1CCC(C(=O)N2CCN(CC(C)(C)O)CC2)CC1. The number of hydrogen-bond donors (Lipinski definition) is 1. The van der Waals surface area contributed by atoms with Crippen molar-refractivity contribution < 1.29 is 9.90 Å². The van der Waals surface area contributed by atoms with Gasteiger partial charge in [-0.2, -0.15) is 0 Å². The molecule has 1 saturated heterocycles. The number of rotatable bonds is 3. The van der Waals surface area contributed by atoms with Crippen molar-refractivity contribution in [3.05, 3.63) is 0 Å². The third kappa shape index (κ3) is 4.45. The summed E-state index contributed by atoms with van der Waals surface area (Å²) in [5.74, 6) is 1.44. The van der Waals surface area contributed by atoms with Crippen LogP contribution in [0.1, 0.15) is 46.5 Å². The Morgan fingerprint density at radius 2 is 1.65 bits per heavy atom. The fourth-order valence-electron chi connectivity index (χ4n) is 3.44. The Bertz CT molecular complexity index is 322. The van der Waals surface area contributed by atoms with Crippen molar-refractivity contribution >= 4 is 5.91 Å². The first kappa shape index (κ1) is 15.8. The molecule has 4 heteroatoms. The smallest absolute Gasteiger partial charge is 0.225 e. The molecule has 1 saturated carbocycles. The van der Waals surface area contributed by atoms with Crippen molar-refractivity contribution in [3.8, 4) is 0 Å². The van der Waals surface area contributed by atoms with E-state index in [1.807, 2.05) is 18.7 Å². The van der Waals surface area contributed by atoms with Crippen LogP contribution in [0.5, 0.6) is 0 Å². The number of piperazine rings is 1. The van der Waals surface area contributed by atoms with Gasteiger partial charge in [0.05, 0.1) is 5.60 Å². The number of aliphatic hydroxyl groups is 1. The lowest BCUT2D eigenvalue weighted by Crippen LogP contribution is -2.53. The van der Waals surface area contributed by atoms with Crippen LogP contribution in [0, 0.1) is 11.8 Å². The summed E-state index contributed by atoms with van der Waals surface area (Å²) in [4.78, 5) is 16.8. The number of carbonyl (C=O) groups excluding carboxylic acids is 1. The fraction of sp³-hybridized carbons (Fsp3) is 0.938. The highest BCUT2D eigenvalue weighted by Crippen LogP contribution is 2.29. The van der Waals surface area contributed by atoms with Crippen molar-refractivity contribution in [2.45, 2.75) is 52.1 Å². The van der Waals surface area contributed by atoms with Gasteiger partial charge in [0.2, 0.25) is 5.91 Å². The molecule has 116 valence electrons. The molecule has 1 aliphatic carbocycles. The first-order valence-corrected chi connectivity index (χ1v) is 8.09. The lowest BCUT2D eigenvalue weighted by Gasteiger charge is -2.39. The number of nitrogens with zero attached hydrogens (tertiary/aromatic N) is 2. The summed E-state index contributed by atoms with van der Waals surface area (Å²) in [6.07, 6.45) is 4.55. The van der Waals surface area contributed by atoms with E-state index in [2.05, 4.69) is 11.8 Å². The van der Waals surface area contributed by atoms with Crippen LogP contribution in [0.25, 0.3) is 0 Å². The normalized spacial score (nSPS) is 29.5. The average Bonchev–Trinajstić information content (AvgIpc) is 2.38. The first-order valence-electron chi connectivity index (χ1n) is 8.09. The van der Waals surface area contributed by atoms with Crippen LogP contribution in [0.4, 0.5) is 0 Å². The molecular weight excluding hydrogens is 252 g/mol. The maximum absolute atomic E-state index is 12.5. The number of hydrogen-bond acceptors (Lipinski definition) is 3. The van der Waals surface area contributed by atoms with Gasteiger partial charge in [-0.25, -0.2) is 0 Å². The van der Waals surface area contributed by atoms with Gasteiger partial charge >= 0.3 is 0 Å². The summed E-state index contributed by atoms with van der Waals surface area (Å²) < 4.78 is 0. The Morgan fingerprint density at radius 3 is 2.15 bits per heavy atom. The lowest BCUT2D eigenvalue weighted by atomic mass is 9.82. The molecule has 0 atom stereocenters. The van der Waals surface area contributed by atoms with E-state index < -0.39 is 5.60 Å². The molecule has 20 heavy (non-hydrogen) atoms. The van der Waals surface area contributed by atoms with E-state index in [1.54, 1.807) is 0 Å². The Labute approximate surface area is 123 Å². The Balaban J connectivity index is 1.77. The second kappa shape index (κ2) is 6.44. The highest BCUT2D eigenvalue weighted by atomic mass is 16.3. The summed E-state index contributed by atoms with van der Waals surface area (Å²) in [5.41, 5.74) is -0.647. The minimum absolute atomic E-state index is 0.270. The van der Waals surface area contributed by atoms with E-state index in [0.29, 0.717) is 12.5 Å². The molecule has 0 unspecified atom stereocenters. The van der Waals surface area contributed by atoms with Crippen LogP contribution in [-0.2, 0) is 4.79 Å². The molecule has 0 radical (unpaired) electrons. The van der Waals surface area contributed by atoms with E-state index >= 15 is 0 Å². The topological polar surface area (TPSA) is 43.8 Å². The molecule has 1 aliphatic heterocycles.